The van der Waals surface area contributed by atoms with Crippen LogP contribution in [0, 0.1) is 13.8 Å². The number of rotatable bonds is 1. The molecule has 0 bridgehead atoms. The van der Waals surface area contributed by atoms with Crippen LogP contribution in [0.5, 0.6) is 0 Å². The summed E-state index contributed by atoms with van der Waals surface area (Å²) in [6.45, 7) is 4.13. The molecule has 0 radical (unpaired) electrons. The molecule has 0 saturated carbocycles. The largest absolute Gasteiger partial charge is 0.396 e. The number of benzene rings is 1. The second kappa shape index (κ2) is 3.38. The van der Waals surface area contributed by atoms with E-state index in [0.29, 0.717) is 5.69 Å². The van der Waals surface area contributed by atoms with Gasteiger partial charge >= 0.3 is 0 Å². The zero-order valence-corrected chi connectivity index (χ0v) is 9.83. The fourth-order valence-electron chi connectivity index (χ4n) is 2.26. The molecule has 2 heterocycles. The fraction of sp³-hybridized carbons (Fsp3) is 0.154. The molecule has 17 heavy (non-hydrogen) atoms. The monoisotopic (exact) mass is 226 g/mol. The molecule has 0 spiro atoms. The Bertz CT molecular complexity index is 691. The summed E-state index contributed by atoms with van der Waals surface area (Å²) in [6.07, 6.45) is 1.64. The third kappa shape index (κ3) is 1.41. The minimum absolute atomic E-state index is 0.676. The molecule has 0 unspecified atom stereocenters. The van der Waals surface area contributed by atoms with Crippen LogP contribution in [-0.4, -0.2) is 15.2 Å². The molecule has 0 aliphatic carbocycles. The van der Waals surface area contributed by atoms with Crippen LogP contribution in [0.15, 0.2) is 24.4 Å². The molecule has 1 aromatic carbocycles. The van der Waals surface area contributed by atoms with Gasteiger partial charge in [-0.25, -0.2) is 0 Å². The number of aromatic amines is 2. The molecule has 4 N–H and O–H groups in total. The van der Waals surface area contributed by atoms with Crippen LogP contribution in [0.3, 0.4) is 0 Å². The minimum atomic E-state index is 0.676. The Hall–Kier alpha value is -2.23. The summed E-state index contributed by atoms with van der Waals surface area (Å²) < 4.78 is 0. The molecule has 4 heteroatoms. The molecule has 0 saturated heterocycles. The second-order valence-electron chi connectivity index (χ2n) is 4.37. The van der Waals surface area contributed by atoms with E-state index >= 15 is 0 Å². The fourth-order valence-corrected chi connectivity index (χ4v) is 2.26. The van der Waals surface area contributed by atoms with E-state index in [4.69, 9.17) is 5.73 Å². The number of aromatic nitrogens is 3. The van der Waals surface area contributed by atoms with Crippen molar-refractivity contribution in [2.45, 2.75) is 13.8 Å². The first-order valence-corrected chi connectivity index (χ1v) is 5.55. The third-order valence-corrected chi connectivity index (χ3v) is 3.06. The van der Waals surface area contributed by atoms with Crippen molar-refractivity contribution in [2.24, 2.45) is 0 Å². The Balaban J connectivity index is 2.39. The van der Waals surface area contributed by atoms with Crippen LogP contribution in [-0.2, 0) is 0 Å². The van der Waals surface area contributed by atoms with Gasteiger partial charge in [-0.3, -0.25) is 5.10 Å². The highest BCUT2D eigenvalue weighted by molar-refractivity contribution is 5.99. The summed E-state index contributed by atoms with van der Waals surface area (Å²) in [4.78, 5) is 3.37. The zero-order valence-electron chi connectivity index (χ0n) is 9.83. The van der Waals surface area contributed by atoms with Crippen molar-refractivity contribution in [1.29, 1.82) is 0 Å². The lowest BCUT2D eigenvalue weighted by Gasteiger charge is -2.00. The number of nitrogens with zero attached hydrogens (tertiary/aromatic N) is 1. The van der Waals surface area contributed by atoms with Crippen molar-refractivity contribution in [3.63, 3.8) is 0 Å². The van der Waals surface area contributed by atoms with Crippen molar-refractivity contribution < 1.29 is 0 Å². The Morgan fingerprint density at radius 3 is 2.76 bits per heavy atom. The molecule has 86 valence electrons. The summed E-state index contributed by atoms with van der Waals surface area (Å²) in [5.74, 6) is 0. The zero-order chi connectivity index (χ0) is 12.0. The van der Waals surface area contributed by atoms with Gasteiger partial charge in [0.2, 0.25) is 0 Å². The van der Waals surface area contributed by atoms with Gasteiger partial charge in [0, 0.05) is 22.2 Å². The molecule has 0 fully saturated rings. The Kier molecular flexibility index (Phi) is 1.98. The third-order valence-electron chi connectivity index (χ3n) is 3.06. The highest BCUT2D eigenvalue weighted by Crippen LogP contribution is 2.34. The quantitative estimate of drug-likeness (QED) is 0.597. The SMILES string of the molecule is Cc1ccc2[nH]c(C)c(-c3[nH]ncc3N)c2c1. The summed E-state index contributed by atoms with van der Waals surface area (Å²) in [6, 6.07) is 6.35. The van der Waals surface area contributed by atoms with Gasteiger partial charge in [-0.05, 0) is 26.0 Å². The van der Waals surface area contributed by atoms with Gasteiger partial charge in [0.25, 0.3) is 0 Å². The van der Waals surface area contributed by atoms with Gasteiger partial charge in [0.15, 0.2) is 0 Å². The molecule has 0 aliphatic heterocycles. The van der Waals surface area contributed by atoms with Crippen LogP contribution in [0.2, 0.25) is 0 Å². The molecule has 2 aromatic heterocycles. The van der Waals surface area contributed by atoms with E-state index in [1.54, 1.807) is 6.20 Å². The van der Waals surface area contributed by atoms with Crippen molar-refractivity contribution in [3.05, 3.63) is 35.7 Å². The van der Waals surface area contributed by atoms with Crippen molar-refractivity contribution in [2.75, 3.05) is 5.73 Å². The molecule has 0 amide bonds. The van der Waals surface area contributed by atoms with E-state index in [2.05, 4.69) is 40.3 Å². The first kappa shape index (κ1) is 9.96. The van der Waals surface area contributed by atoms with Gasteiger partial charge in [-0.15, -0.1) is 0 Å². The summed E-state index contributed by atoms with van der Waals surface area (Å²) in [7, 11) is 0. The van der Waals surface area contributed by atoms with Gasteiger partial charge in [0.05, 0.1) is 17.6 Å². The first-order valence-electron chi connectivity index (χ1n) is 5.55. The average molecular weight is 226 g/mol. The first-order chi connectivity index (χ1) is 8.16. The molecule has 0 atom stereocenters. The highest BCUT2D eigenvalue weighted by atomic mass is 15.1. The van der Waals surface area contributed by atoms with Crippen LogP contribution < -0.4 is 5.73 Å². The highest BCUT2D eigenvalue weighted by Gasteiger charge is 2.14. The number of fused-ring (bicyclic) bond motifs is 1. The second-order valence-corrected chi connectivity index (χ2v) is 4.37. The van der Waals surface area contributed by atoms with Crippen molar-refractivity contribution in [1.82, 2.24) is 15.2 Å². The number of aryl methyl sites for hydroxylation is 2. The van der Waals surface area contributed by atoms with E-state index in [1.807, 2.05) is 6.92 Å². The standard InChI is InChI=1S/C13H14N4/c1-7-3-4-11-9(5-7)12(8(2)16-11)13-10(14)6-15-17-13/h3-6,16H,14H2,1-2H3,(H,15,17). The summed E-state index contributed by atoms with van der Waals surface area (Å²) in [5.41, 5.74) is 12.0. The maximum absolute atomic E-state index is 5.92. The van der Waals surface area contributed by atoms with Gasteiger partial charge in [-0.2, -0.15) is 5.10 Å². The average Bonchev–Trinajstić information content (AvgIpc) is 2.81. The summed E-state index contributed by atoms with van der Waals surface area (Å²) >= 11 is 0. The predicted molar refractivity (Wildman–Crippen MR) is 69.8 cm³/mol. The van der Waals surface area contributed by atoms with Crippen LogP contribution in [0.25, 0.3) is 22.2 Å². The molecule has 3 aromatic rings. The lowest BCUT2D eigenvalue weighted by atomic mass is 10.1. The predicted octanol–water partition coefficient (Wildman–Crippen LogP) is 2.76. The van der Waals surface area contributed by atoms with E-state index in [1.165, 1.54) is 10.9 Å². The van der Waals surface area contributed by atoms with E-state index in [9.17, 15) is 0 Å². The minimum Gasteiger partial charge on any atom is -0.396 e. The number of anilines is 1. The normalized spacial score (nSPS) is 11.2. The molecular formula is C13H14N4. The number of hydrogen-bond acceptors (Lipinski definition) is 2. The van der Waals surface area contributed by atoms with E-state index in [-0.39, 0.29) is 0 Å². The Morgan fingerprint density at radius 2 is 2.06 bits per heavy atom. The van der Waals surface area contributed by atoms with Gasteiger partial charge < -0.3 is 10.7 Å². The lowest BCUT2D eigenvalue weighted by molar-refractivity contribution is 1.09. The topological polar surface area (TPSA) is 70.5 Å². The maximum Gasteiger partial charge on any atom is 0.0904 e. The molecule has 0 aliphatic rings. The molecule has 3 rings (SSSR count). The van der Waals surface area contributed by atoms with E-state index < -0.39 is 0 Å². The number of nitrogens with two attached hydrogens (primary N) is 1. The Labute approximate surface area is 98.8 Å². The molecule has 4 nitrogen and oxygen atoms in total. The number of hydrogen-bond donors (Lipinski definition) is 3. The maximum atomic E-state index is 5.92. The van der Waals surface area contributed by atoms with Crippen molar-refractivity contribution in [3.8, 4) is 11.3 Å². The van der Waals surface area contributed by atoms with Gasteiger partial charge in [0.1, 0.15) is 0 Å². The van der Waals surface area contributed by atoms with Crippen LogP contribution in [0.4, 0.5) is 5.69 Å². The van der Waals surface area contributed by atoms with E-state index in [0.717, 1.165) is 22.5 Å². The van der Waals surface area contributed by atoms with Gasteiger partial charge in [-0.1, -0.05) is 11.6 Å². The smallest absolute Gasteiger partial charge is 0.0904 e. The van der Waals surface area contributed by atoms with Crippen LogP contribution >= 0.6 is 0 Å². The molecular weight excluding hydrogens is 212 g/mol. The number of H-pyrrole nitrogens is 2. The van der Waals surface area contributed by atoms with Crippen molar-refractivity contribution >= 4 is 16.6 Å². The Morgan fingerprint density at radius 1 is 1.24 bits per heavy atom. The van der Waals surface area contributed by atoms with Crippen LogP contribution in [0.1, 0.15) is 11.3 Å². The number of nitrogens with one attached hydrogen (secondary N) is 2. The lowest BCUT2D eigenvalue weighted by Crippen LogP contribution is -1.87. The summed E-state index contributed by atoms with van der Waals surface area (Å²) in [5, 5.41) is 8.13. The number of nitrogen functional groups attached to an aromatic ring is 1.